The van der Waals surface area contributed by atoms with Gasteiger partial charge in [-0.2, -0.15) is 0 Å². The molecule has 0 fully saturated rings. The van der Waals surface area contributed by atoms with E-state index in [1.165, 1.54) is 5.56 Å². The molecule has 0 aliphatic rings. The highest BCUT2D eigenvalue weighted by Crippen LogP contribution is 2.16. The largest absolute Gasteiger partial charge is 0.492 e. The quantitative estimate of drug-likeness (QED) is 0.773. The van der Waals surface area contributed by atoms with Crippen molar-refractivity contribution in [3.63, 3.8) is 0 Å². The first-order chi connectivity index (χ1) is 9.40. The van der Waals surface area contributed by atoms with Gasteiger partial charge in [-0.25, -0.2) is 0 Å². The molecule has 1 heterocycles. The fourth-order valence-electron chi connectivity index (χ4n) is 1.98. The molecule has 0 bridgehead atoms. The summed E-state index contributed by atoms with van der Waals surface area (Å²) in [6.45, 7) is 1.52. The van der Waals surface area contributed by atoms with Crippen LogP contribution in [-0.2, 0) is 13.0 Å². The molecule has 0 radical (unpaired) electrons. The van der Waals surface area contributed by atoms with Gasteiger partial charge in [0.05, 0.1) is 12.8 Å². The molecule has 0 spiro atoms. The van der Waals surface area contributed by atoms with Gasteiger partial charge >= 0.3 is 0 Å². The number of aryl methyl sites for hydroxylation is 1. The van der Waals surface area contributed by atoms with Gasteiger partial charge in [0.25, 0.3) is 0 Å². The first-order valence-electron chi connectivity index (χ1n) is 6.64. The number of hydrogen-bond acceptors (Lipinski definition) is 3. The zero-order valence-corrected chi connectivity index (χ0v) is 11.3. The van der Waals surface area contributed by atoms with Gasteiger partial charge < -0.3 is 10.1 Å². The molecule has 0 unspecified atom stereocenters. The molecule has 3 heteroatoms. The third-order valence-electron chi connectivity index (χ3n) is 2.95. The second kappa shape index (κ2) is 7.54. The summed E-state index contributed by atoms with van der Waals surface area (Å²) < 4.78 is 5.81. The van der Waals surface area contributed by atoms with Crippen molar-refractivity contribution in [2.45, 2.75) is 19.4 Å². The van der Waals surface area contributed by atoms with E-state index in [1.54, 1.807) is 12.4 Å². The summed E-state index contributed by atoms with van der Waals surface area (Å²) >= 11 is 0. The smallest absolute Gasteiger partial charge is 0.142 e. The van der Waals surface area contributed by atoms with Crippen molar-refractivity contribution in [1.29, 1.82) is 0 Å². The molecule has 100 valence electrons. The van der Waals surface area contributed by atoms with Crippen LogP contribution in [0, 0.1) is 0 Å². The van der Waals surface area contributed by atoms with E-state index < -0.39 is 0 Å². The van der Waals surface area contributed by atoms with Gasteiger partial charge in [-0.3, -0.25) is 4.98 Å². The fraction of sp³-hybridized carbons (Fsp3) is 0.312. The van der Waals surface area contributed by atoms with E-state index in [0.29, 0.717) is 0 Å². The summed E-state index contributed by atoms with van der Waals surface area (Å²) in [6.07, 6.45) is 5.64. The first kappa shape index (κ1) is 13.6. The first-order valence-corrected chi connectivity index (χ1v) is 6.64. The summed E-state index contributed by atoms with van der Waals surface area (Å²) in [5.74, 6) is 0.880. The van der Waals surface area contributed by atoms with Gasteiger partial charge in [0.15, 0.2) is 0 Å². The van der Waals surface area contributed by atoms with Crippen molar-refractivity contribution in [2.75, 3.05) is 13.7 Å². The van der Waals surface area contributed by atoms with Crippen LogP contribution in [0.2, 0.25) is 0 Å². The zero-order chi connectivity index (χ0) is 13.3. The van der Waals surface area contributed by atoms with Crippen LogP contribution in [0.15, 0.2) is 48.8 Å². The third kappa shape index (κ3) is 4.38. The predicted molar refractivity (Wildman–Crippen MR) is 77.3 cm³/mol. The summed E-state index contributed by atoms with van der Waals surface area (Å²) in [5.41, 5.74) is 2.50. The average Bonchev–Trinajstić information content (AvgIpc) is 2.47. The van der Waals surface area contributed by atoms with E-state index in [9.17, 15) is 0 Å². The molecule has 2 aromatic rings. The summed E-state index contributed by atoms with van der Waals surface area (Å²) in [4.78, 5) is 4.11. The van der Waals surface area contributed by atoms with Crippen LogP contribution < -0.4 is 10.1 Å². The Bertz CT molecular complexity index is 485. The van der Waals surface area contributed by atoms with Gasteiger partial charge in [-0.05, 0) is 31.5 Å². The highest BCUT2D eigenvalue weighted by Gasteiger charge is 2.02. The average molecular weight is 256 g/mol. The van der Waals surface area contributed by atoms with Gasteiger partial charge in [-0.1, -0.05) is 30.3 Å². The highest BCUT2D eigenvalue weighted by molar-refractivity contribution is 5.29. The topological polar surface area (TPSA) is 34.2 Å². The van der Waals surface area contributed by atoms with Gasteiger partial charge in [0.1, 0.15) is 5.75 Å². The molecule has 1 aromatic heterocycles. The van der Waals surface area contributed by atoms with Crippen molar-refractivity contribution in [1.82, 2.24) is 10.3 Å². The molecule has 0 aliphatic heterocycles. The Morgan fingerprint density at radius 1 is 1.16 bits per heavy atom. The van der Waals surface area contributed by atoms with E-state index in [1.807, 2.05) is 19.2 Å². The lowest BCUT2D eigenvalue weighted by atomic mass is 10.1. The van der Waals surface area contributed by atoms with E-state index in [-0.39, 0.29) is 0 Å². The van der Waals surface area contributed by atoms with Crippen LogP contribution >= 0.6 is 0 Å². The highest BCUT2D eigenvalue weighted by atomic mass is 16.5. The number of pyridine rings is 1. The SMILES string of the molecule is CNCc1ccncc1OCCCc1ccccc1. The number of hydrogen-bond donors (Lipinski definition) is 1. The predicted octanol–water partition coefficient (Wildman–Crippen LogP) is 2.81. The molecule has 0 amide bonds. The van der Waals surface area contributed by atoms with Gasteiger partial charge in [0, 0.05) is 18.3 Å². The second-order valence-corrected chi connectivity index (χ2v) is 4.45. The van der Waals surface area contributed by atoms with E-state index in [4.69, 9.17) is 4.74 Å². The summed E-state index contributed by atoms with van der Waals surface area (Å²) in [5, 5.41) is 3.13. The Labute approximate surface area is 114 Å². The normalized spacial score (nSPS) is 10.4. The molecule has 2 rings (SSSR count). The molecule has 0 saturated carbocycles. The lowest BCUT2D eigenvalue weighted by molar-refractivity contribution is 0.306. The van der Waals surface area contributed by atoms with E-state index >= 15 is 0 Å². The minimum Gasteiger partial charge on any atom is -0.492 e. The van der Waals surface area contributed by atoms with Crippen molar-refractivity contribution in [2.24, 2.45) is 0 Å². The van der Waals surface area contributed by atoms with Crippen LogP contribution in [0.3, 0.4) is 0 Å². The number of ether oxygens (including phenoxy) is 1. The molecule has 19 heavy (non-hydrogen) atoms. The molecule has 1 aromatic carbocycles. The molecule has 0 saturated heterocycles. The summed E-state index contributed by atoms with van der Waals surface area (Å²) in [7, 11) is 1.93. The van der Waals surface area contributed by atoms with Gasteiger partial charge in [0.2, 0.25) is 0 Å². The Kier molecular flexibility index (Phi) is 5.38. The second-order valence-electron chi connectivity index (χ2n) is 4.45. The van der Waals surface area contributed by atoms with Crippen molar-refractivity contribution >= 4 is 0 Å². The van der Waals surface area contributed by atoms with Crippen molar-refractivity contribution in [3.8, 4) is 5.75 Å². The molecule has 0 atom stereocenters. The number of benzene rings is 1. The van der Waals surface area contributed by atoms with Crippen LogP contribution in [0.1, 0.15) is 17.5 Å². The van der Waals surface area contributed by atoms with Gasteiger partial charge in [-0.15, -0.1) is 0 Å². The molecule has 3 nitrogen and oxygen atoms in total. The van der Waals surface area contributed by atoms with Crippen LogP contribution in [0.4, 0.5) is 0 Å². The molecule has 1 N–H and O–H groups in total. The third-order valence-corrected chi connectivity index (χ3v) is 2.95. The van der Waals surface area contributed by atoms with Crippen LogP contribution in [0.5, 0.6) is 5.75 Å². The van der Waals surface area contributed by atoms with Crippen molar-refractivity contribution < 1.29 is 4.74 Å². The Balaban J connectivity index is 1.79. The monoisotopic (exact) mass is 256 g/mol. The summed E-state index contributed by atoms with van der Waals surface area (Å²) in [6, 6.07) is 12.5. The fourth-order valence-corrected chi connectivity index (χ4v) is 1.98. The van der Waals surface area contributed by atoms with Crippen LogP contribution in [-0.4, -0.2) is 18.6 Å². The number of rotatable bonds is 7. The minimum atomic E-state index is 0.720. The maximum atomic E-state index is 5.81. The lowest BCUT2D eigenvalue weighted by Crippen LogP contribution is -2.08. The maximum Gasteiger partial charge on any atom is 0.142 e. The zero-order valence-electron chi connectivity index (χ0n) is 11.3. The minimum absolute atomic E-state index is 0.720. The van der Waals surface area contributed by atoms with Crippen LogP contribution in [0.25, 0.3) is 0 Å². The van der Waals surface area contributed by atoms with E-state index in [0.717, 1.165) is 37.3 Å². The molecular formula is C16H20N2O. The number of aromatic nitrogens is 1. The van der Waals surface area contributed by atoms with Crippen molar-refractivity contribution in [3.05, 3.63) is 59.9 Å². The molecule has 0 aliphatic carbocycles. The Morgan fingerprint density at radius 2 is 2.00 bits per heavy atom. The molecular weight excluding hydrogens is 236 g/mol. The van der Waals surface area contributed by atoms with E-state index in [2.05, 4.69) is 34.6 Å². The Hall–Kier alpha value is -1.87. The Morgan fingerprint density at radius 3 is 2.79 bits per heavy atom. The number of nitrogens with zero attached hydrogens (tertiary/aromatic N) is 1. The lowest BCUT2D eigenvalue weighted by Gasteiger charge is -2.10. The standard InChI is InChI=1S/C16H20N2O/c1-17-12-15-9-10-18-13-16(15)19-11-5-8-14-6-3-2-4-7-14/h2-4,6-7,9-10,13,17H,5,8,11-12H2,1H3. The number of nitrogens with one attached hydrogen (secondary N) is 1. The maximum absolute atomic E-state index is 5.81.